The largest absolute Gasteiger partial charge is 0.480 e. The zero-order valence-corrected chi connectivity index (χ0v) is 18.6. The van der Waals surface area contributed by atoms with Gasteiger partial charge in [-0.05, 0) is 31.1 Å². The maximum atomic E-state index is 13.2. The van der Waals surface area contributed by atoms with Gasteiger partial charge in [-0.1, -0.05) is 27.7 Å². The van der Waals surface area contributed by atoms with E-state index in [1.165, 1.54) is 4.90 Å². The minimum Gasteiger partial charge on any atom is -0.480 e. The molecule has 0 aromatic heterocycles. The maximum absolute atomic E-state index is 13.2. The standard InChI is InChI=1S/C20H35N5O6/c1-10(2)15(22)18(28)24-16(11(3)4)19(29)25-9-5-6-13(25)17(27)23-12(20(30)31)7-8-14(21)26/h10-13,15-16H,5-9,22H2,1-4H3,(H2,21,26)(H,23,27)(H,24,28)(H,30,31). The number of hydrogen-bond donors (Lipinski definition) is 5. The van der Waals surface area contributed by atoms with Gasteiger partial charge in [0, 0.05) is 13.0 Å². The van der Waals surface area contributed by atoms with Gasteiger partial charge in [-0.3, -0.25) is 19.2 Å². The van der Waals surface area contributed by atoms with Gasteiger partial charge in [0.05, 0.1) is 6.04 Å². The molecule has 176 valence electrons. The molecule has 4 amide bonds. The van der Waals surface area contributed by atoms with Crippen molar-refractivity contribution >= 4 is 29.6 Å². The molecule has 31 heavy (non-hydrogen) atoms. The lowest BCUT2D eigenvalue weighted by Gasteiger charge is -2.31. The second-order valence-electron chi connectivity index (χ2n) is 8.59. The first-order valence-corrected chi connectivity index (χ1v) is 10.5. The summed E-state index contributed by atoms with van der Waals surface area (Å²) < 4.78 is 0. The molecule has 0 spiro atoms. The zero-order valence-electron chi connectivity index (χ0n) is 18.6. The first-order chi connectivity index (χ1) is 14.4. The van der Waals surface area contributed by atoms with Gasteiger partial charge in [0.25, 0.3) is 0 Å². The van der Waals surface area contributed by atoms with Gasteiger partial charge >= 0.3 is 5.97 Å². The van der Waals surface area contributed by atoms with Crippen LogP contribution in [0.3, 0.4) is 0 Å². The van der Waals surface area contributed by atoms with Gasteiger partial charge in [-0.25, -0.2) is 4.79 Å². The van der Waals surface area contributed by atoms with Crippen LogP contribution in [-0.4, -0.2) is 70.3 Å². The smallest absolute Gasteiger partial charge is 0.326 e. The molecule has 1 aliphatic rings. The summed E-state index contributed by atoms with van der Waals surface area (Å²) in [6.07, 6.45) is 0.591. The Hall–Kier alpha value is -2.69. The summed E-state index contributed by atoms with van der Waals surface area (Å²) in [6.45, 7) is 7.46. The van der Waals surface area contributed by atoms with Crippen LogP contribution in [0.4, 0.5) is 0 Å². The highest BCUT2D eigenvalue weighted by atomic mass is 16.4. The number of carbonyl (C=O) groups excluding carboxylic acids is 4. The fraction of sp³-hybridized carbons (Fsp3) is 0.750. The number of carboxylic acids is 1. The molecule has 1 saturated heterocycles. The Morgan fingerprint density at radius 2 is 1.68 bits per heavy atom. The zero-order chi connectivity index (χ0) is 23.9. The summed E-state index contributed by atoms with van der Waals surface area (Å²) in [4.78, 5) is 62.0. The van der Waals surface area contributed by atoms with Crippen LogP contribution < -0.4 is 22.1 Å². The number of rotatable bonds is 11. The molecule has 7 N–H and O–H groups in total. The molecular formula is C20H35N5O6. The number of nitrogens with one attached hydrogen (secondary N) is 2. The van der Waals surface area contributed by atoms with Gasteiger partial charge < -0.3 is 32.1 Å². The van der Waals surface area contributed by atoms with Gasteiger partial charge in [-0.15, -0.1) is 0 Å². The van der Waals surface area contributed by atoms with E-state index in [-0.39, 0.29) is 24.7 Å². The second-order valence-corrected chi connectivity index (χ2v) is 8.59. The number of aliphatic carboxylic acids is 1. The van der Waals surface area contributed by atoms with Gasteiger partial charge in [0.1, 0.15) is 18.1 Å². The van der Waals surface area contributed by atoms with E-state index in [2.05, 4.69) is 10.6 Å². The Bertz CT molecular complexity index is 696. The first kappa shape index (κ1) is 26.3. The van der Waals surface area contributed by atoms with E-state index in [9.17, 15) is 29.1 Å². The Labute approximate surface area is 182 Å². The molecule has 1 heterocycles. The van der Waals surface area contributed by atoms with Crippen LogP contribution >= 0.6 is 0 Å². The lowest BCUT2D eigenvalue weighted by molar-refractivity contribution is -0.145. The van der Waals surface area contributed by atoms with E-state index >= 15 is 0 Å². The van der Waals surface area contributed by atoms with Crippen molar-refractivity contribution in [2.75, 3.05) is 6.54 Å². The SMILES string of the molecule is CC(C)C(N)C(=O)NC(C(=O)N1CCCC1C(=O)NC(CCC(N)=O)C(=O)O)C(C)C. The quantitative estimate of drug-likeness (QED) is 0.270. The van der Waals surface area contributed by atoms with Crippen LogP contribution in [-0.2, 0) is 24.0 Å². The summed E-state index contributed by atoms with van der Waals surface area (Å²) in [5, 5.41) is 14.4. The number of nitrogens with two attached hydrogens (primary N) is 2. The Morgan fingerprint density at radius 3 is 2.16 bits per heavy atom. The number of nitrogens with zero attached hydrogens (tertiary/aromatic N) is 1. The third-order valence-electron chi connectivity index (χ3n) is 5.38. The minimum atomic E-state index is -1.29. The van der Waals surface area contributed by atoms with Crippen molar-refractivity contribution in [1.82, 2.24) is 15.5 Å². The maximum Gasteiger partial charge on any atom is 0.326 e. The molecule has 0 aromatic rings. The molecule has 11 heteroatoms. The van der Waals surface area contributed by atoms with Crippen LogP contribution in [0.2, 0.25) is 0 Å². The topological polar surface area (TPSA) is 185 Å². The molecule has 0 saturated carbocycles. The van der Waals surface area contributed by atoms with E-state index in [4.69, 9.17) is 11.5 Å². The number of amides is 4. The molecule has 0 aliphatic carbocycles. The highest BCUT2D eigenvalue weighted by Crippen LogP contribution is 2.21. The van der Waals surface area contributed by atoms with Crippen molar-refractivity contribution in [3.63, 3.8) is 0 Å². The predicted octanol–water partition coefficient (Wildman–Crippen LogP) is -1.06. The van der Waals surface area contributed by atoms with E-state index in [1.807, 2.05) is 0 Å². The second kappa shape index (κ2) is 11.6. The molecule has 0 radical (unpaired) electrons. The summed E-state index contributed by atoms with van der Waals surface area (Å²) >= 11 is 0. The average molecular weight is 442 g/mol. The van der Waals surface area contributed by atoms with E-state index in [1.54, 1.807) is 27.7 Å². The molecule has 0 aromatic carbocycles. The van der Waals surface area contributed by atoms with Crippen molar-refractivity contribution in [3.8, 4) is 0 Å². The van der Waals surface area contributed by atoms with Crippen molar-refractivity contribution in [2.24, 2.45) is 23.3 Å². The molecule has 1 fully saturated rings. The Balaban J connectivity index is 2.92. The van der Waals surface area contributed by atoms with Gasteiger partial charge in [0.15, 0.2) is 0 Å². The number of primary amides is 1. The third-order valence-corrected chi connectivity index (χ3v) is 5.38. The highest BCUT2D eigenvalue weighted by Gasteiger charge is 2.40. The van der Waals surface area contributed by atoms with Crippen LogP contribution in [0.1, 0.15) is 53.4 Å². The monoisotopic (exact) mass is 441 g/mol. The lowest BCUT2D eigenvalue weighted by atomic mass is 9.99. The number of carbonyl (C=O) groups is 5. The lowest BCUT2D eigenvalue weighted by Crippen LogP contribution is -2.58. The molecule has 0 bridgehead atoms. The first-order valence-electron chi connectivity index (χ1n) is 10.5. The Morgan fingerprint density at radius 1 is 1.06 bits per heavy atom. The van der Waals surface area contributed by atoms with Gasteiger partial charge in [0.2, 0.25) is 23.6 Å². The summed E-state index contributed by atoms with van der Waals surface area (Å²) in [5.74, 6) is -3.80. The van der Waals surface area contributed by atoms with Crippen molar-refractivity contribution in [3.05, 3.63) is 0 Å². The number of carboxylic acid groups (broad SMARTS) is 1. The van der Waals surface area contributed by atoms with Crippen LogP contribution in [0.15, 0.2) is 0 Å². The molecule has 1 rings (SSSR count). The minimum absolute atomic E-state index is 0.110. The Kier molecular flexibility index (Phi) is 9.89. The summed E-state index contributed by atoms with van der Waals surface area (Å²) in [7, 11) is 0. The summed E-state index contributed by atoms with van der Waals surface area (Å²) in [5.41, 5.74) is 10.9. The fourth-order valence-corrected chi connectivity index (χ4v) is 3.36. The third kappa shape index (κ3) is 7.50. The van der Waals surface area contributed by atoms with E-state index in [0.717, 1.165) is 0 Å². The number of likely N-dealkylation sites (tertiary alicyclic amines) is 1. The normalized spacial score (nSPS) is 19.1. The average Bonchev–Trinajstić information content (AvgIpc) is 3.16. The molecule has 4 unspecified atom stereocenters. The molecule has 1 aliphatic heterocycles. The van der Waals surface area contributed by atoms with Crippen LogP contribution in [0.25, 0.3) is 0 Å². The van der Waals surface area contributed by atoms with E-state index in [0.29, 0.717) is 19.4 Å². The van der Waals surface area contributed by atoms with Crippen molar-refractivity contribution in [1.29, 1.82) is 0 Å². The summed E-state index contributed by atoms with van der Waals surface area (Å²) in [6, 6.07) is -3.79. The van der Waals surface area contributed by atoms with Crippen LogP contribution in [0, 0.1) is 11.8 Å². The van der Waals surface area contributed by atoms with Crippen molar-refractivity contribution < 1.29 is 29.1 Å². The number of hydrogen-bond acceptors (Lipinski definition) is 6. The molecular weight excluding hydrogens is 406 g/mol. The van der Waals surface area contributed by atoms with E-state index < -0.39 is 53.8 Å². The molecule has 4 atom stereocenters. The fourth-order valence-electron chi connectivity index (χ4n) is 3.36. The van der Waals surface area contributed by atoms with Crippen LogP contribution in [0.5, 0.6) is 0 Å². The molecule has 11 nitrogen and oxygen atoms in total. The van der Waals surface area contributed by atoms with Gasteiger partial charge in [-0.2, -0.15) is 0 Å². The highest BCUT2D eigenvalue weighted by molar-refractivity contribution is 5.94. The predicted molar refractivity (Wildman–Crippen MR) is 112 cm³/mol. The van der Waals surface area contributed by atoms with Crippen molar-refractivity contribution in [2.45, 2.75) is 77.5 Å².